The molecule has 0 aliphatic carbocycles. The summed E-state index contributed by atoms with van der Waals surface area (Å²) in [7, 11) is 0. The molecule has 1 aromatic heterocycles. The molecule has 0 saturated carbocycles. The molecule has 0 amide bonds. The number of hydrogen-bond donors (Lipinski definition) is 2. The summed E-state index contributed by atoms with van der Waals surface area (Å²) in [6.07, 6.45) is 1.05. The van der Waals surface area contributed by atoms with Crippen molar-refractivity contribution in [1.82, 2.24) is 9.97 Å². The molecule has 0 radical (unpaired) electrons. The number of halogens is 1. The highest BCUT2D eigenvalue weighted by Crippen LogP contribution is 2.23. The van der Waals surface area contributed by atoms with Gasteiger partial charge in [-0.3, -0.25) is 0 Å². The van der Waals surface area contributed by atoms with Crippen LogP contribution in [0.5, 0.6) is 0 Å². The Morgan fingerprint density at radius 2 is 2.06 bits per heavy atom. The van der Waals surface area contributed by atoms with Crippen molar-refractivity contribution in [1.29, 1.82) is 0 Å². The van der Waals surface area contributed by atoms with Gasteiger partial charge >= 0.3 is 0 Å². The molecule has 5 heteroatoms. The Bertz CT molecular complexity index is 554. The zero-order chi connectivity index (χ0) is 12.4. The maximum atomic E-state index is 13.4. The van der Waals surface area contributed by atoms with Gasteiger partial charge in [-0.2, -0.15) is 4.98 Å². The van der Waals surface area contributed by atoms with Gasteiger partial charge in [-0.05, 0) is 31.0 Å². The zero-order valence-electron chi connectivity index (χ0n) is 9.66. The average molecular weight is 232 g/mol. The number of benzene rings is 1. The highest BCUT2D eigenvalue weighted by atomic mass is 19.1. The van der Waals surface area contributed by atoms with E-state index in [1.54, 1.807) is 0 Å². The van der Waals surface area contributed by atoms with Crippen molar-refractivity contribution in [2.75, 3.05) is 11.1 Å². The molecule has 2 rings (SSSR count). The van der Waals surface area contributed by atoms with Gasteiger partial charge in [-0.25, -0.2) is 9.37 Å². The van der Waals surface area contributed by atoms with E-state index < -0.39 is 5.82 Å². The number of aryl methyl sites for hydroxylation is 1. The molecule has 0 aliphatic heterocycles. The maximum absolute atomic E-state index is 13.4. The van der Waals surface area contributed by atoms with E-state index in [4.69, 9.17) is 5.73 Å². The molecular formula is C12H13FN4. The number of nitrogens with two attached hydrogens (primary N) is 1. The van der Waals surface area contributed by atoms with Gasteiger partial charge in [0.25, 0.3) is 0 Å². The fraction of sp³-hybridized carbons (Fsp3) is 0.167. The average Bonchev–Trinajstić information content (AvgIpc) is 2.30. The Kier molecular flexibility index (Phi) is 2.91. The number of nitrogens with one attached hydrogen (secondary N) is 1. The lowest BCUT2D eigenvalue weighted by Gasteiger charge is -2.11. The number of nitrogen functional groups attached to an aromatic ring is 1. The summed E-state index contributed by atoms with van der Waals surface area (Å²) in [4.78, 5) is 7.39. The molecule has 0 bridgehead atoms. The highest BCUT2D eigenvalue weighted by molar-refractivity contribution is 5.62. The van der Waals surface area contributed by atoms with Crippen molar-refractivity contribution in [2.24, 2.45) is 0 Å². The number of rotatable bonds is 2. The molecule has 17 heavy (non-hydrogen) atoms. The van der Waals surface area contributed by atoms with Crippen molar-refractivity contribution in [3.63, 3.8) is 0 Å². The molecule has 0 fully saturated rings. The molecule has 0 unspecified atom stereocenters. The van der Waals surface area contributed by atoms with Gasteiger partial charge < -0.3 is 11.1 Å². The summed E-state index contributed by atoms with van der Waals surface area (Å²) in [5.74, 6) is -0.398. The Morgan fingerprint density at radius 3 is 2.82 bits per heavy atom. The first-order chi connectivity index (χ1) is 8.08. The van der Waals surface area contributed by atoms with Gasteiger partial charge in [0, 0.05) is 5.69 Å². The second-order valence-electron chi connectivity index (χ2n) is 3.80. The molecule has 3 N–H and O–H groups in total. The van der Waals surface area contributed by atoms with Crippen molar-refractivity contribution < 1.29 is 4.39 Å². The first-order valence-corrected chi connectivity index (χ1v) is 5.19. The first-order valence-electron chi connectivity index (χ1n) is 5.19. The summed E-state index contributed by atoms with van der Waals surface area (Å²) in [6, 6.07) is 5.75. The molecule has 4 nitrogen and oxygen atoms in total. The third-order valence-electron chi connectivity index (χ3n) is 2.62. The second-order valence-corrected chi connectivity index (χ2v) is 3.80. The predicted octanol–water partition coefficient (Wildman–Crippen LogP) is 2.56. The summed E-state index contributed by atoms with van der Waals surface area (Å²) in [5.41, 5.74) is 8.40. The molecule has 0 aliphatic rings. The lowest BCUT2D eigenvalue weighted by Crippen LogP contribution is -2.03. The topological polar surface area (TPSA) is 63.8 Å². The third-order valence-corrected chi connectivity index (χ3v) is 2.62. The quantitative estimate of drug-likeness (QED) is 0.835. The van der Waals surface area contributed by atoms with Gasteiger partial charge in [-0.15, -0.1) is 0 Å². The van der Waals surface area contributed by atoms with Crippen LogP contribution in [0, 0.1) is 19.7 Å². The minimum absolute atomic E-state index is 0.0409. The Morgan fingerprint density at radius 1 is 1.29 bits per heavy atom. The fourth-order valence-electron chi connectivity index (χ4n) is 1.48. The minimum atomic E-state index is -0.528. The molecule has 2 aromatic rings. The lowest BCUT2D eigenvalue weighted by molar-refractivity contribution is 0.620. The predicted molar refractivity (Wildman–Crippen MR) is 65.6 cm³/mol. The SMILES string of the molecule is Cc1cccc(Nc2nc(N)ncc2F)c1C. The van der Waals surface area contributed by atoms with Crippen LogP contribution in [-0.4, -0.2) is 9.97 Å². The van der Waals surface area contributed by atoms with Crippen molar-refractivity contribution in [3.8, 4) is 0 Å². The summed E-state index contributed by atoms with van der Waals surface area (Å²) < 4.78 is 13.4. The molecule has 0 saturated heterocycles. The van der Waals surface area contributed by atoms with E-state index >= 15 is 0 Å². The zero-order valence-corrected chi connectivity index (χ0v) is 9.66. The van der Waals surface area contributed by atoms with Crippen LogP contribution in [0.25, 0.3) is 0 Å². The highest BCUT2D eigenvalue weighted by Gasteiger charge is 2.07. The number of nitrogens with zero attached hydrogens (tertiary/aromatic N) is 2. The van der Waals surface area contributed by atoms with Crippen LogP contribution in [-0.2, 0) is 0 Å². The van der Waals surface area contributed by atoms with E-state index in [1.165, 1.54) is 0 Å². The van der Waals surface area contributed by atoms with Crippen LogP contribution < -0.4 is 11.1 Å². The Labute approximate surface area is 98.7 Å². The third kappa shape index (κ3) is 2.33. The largest absolute Gasteiger partial charge is 0.368 e. The lowest BCUT2D eigenvalue weighted by atomic mass is 10.1. The monoisotopic (exact) mass is 232 g/mol. The molecule has 88 valence electrons. The van der Waals surface area contributed by atoms with E-state index in [1.807, 2.05) is 32.0 Å². The van der Waals surface area contributed by atoms with Gasteiger partial charge in [0.1, 0.15) is 0 Å². The molecule has 0 spiro atoms. The van der Waals surface area contributed by atoms with Gasteiger partial charge in [0.05, 0.1) is 6.20 Å². The fourth-order valence-corrected chi connectivity index (χ4v) is 1.48. The number of aromatic nitrogens is 2. The standard InChI is InChI=1S/C12H13FN4/c1-7-4-3-5-10(8(7)2)16-11-9(13)6-15-12(14)17-11/h3-6H,1-2H3,(H3,14,15,16,17). The van der Waals surface area contributed by atoms with E-state index in [0.717, 1.165) is 23.0 Å². The van der Waals surface area contributed by atoms with Crippen LogP contribution in [0.1, 0.15) is 11.1 Å². The van der Waals surface area contributed by atoms with E-state index in [2.05, 4.69) is 15.3 Å². The normalized spacial score (nSPS) is 10.3. The minimum Gasteiger partial charge on any atom is -0.368 e. The van der Waals surface area contributed by atoms with Crippen LogP contribution >= 0.6 is 0 Å². The Hall–Kier alpha value is -2.17. The van der Waals surface area contributed by atoms with Gasteiger partial charge in [-0.1, -0.05) is 12.1 Å². The Balaban J connectivity index is 2.38. The molecule has 1 aromatic carbocycles. The van der Waals surface area contributed by atoms with Crippen molar-refractivity contribution in [3.05, 3.63) is 41.3 Å². The first kappa shape index (κ1) is 11.3. The van der Waals surface area contributed by atoms with E-state index in [-0.39, 0.29) is 11.8 Å². The van der Waals surface area contributed by atoms with E-state index in [9.17, 15) is 4.39 Å². The van der Waals surface area contributed by atoms with Crippen LogP contribution in [0.2, 0.25) is 0 Å². The number of hydrogen-bond acceptors (Lipinski definition) is 4. The van der Waals surface area contributed by atoms with Crippen LogP contribution in [0.4, 0.5) is 21.8 Å². The molecule has 1 heterocycles. The van der Waals surface area contributed by atoms with Crippen molar-refractivity contribution in [2.45, 2.75) is 13.8 Å². The molecular weight excluding hydrogens is 219 g/mol. The second kappa shape index (κ2) is 4.37. The van der Waals surface area contributed by atoms with Crippen molar-refractivity contribution >= 4 is 17.5 Å². The van der Waals surface area contributed by atoms with E-state index in [0.29, 0.717) is 0 Å². The maximum Gasteiger partial charge on any atom is 0.222 e. The summed E-state index contributed by atoms with van der Waals surface area (Å²) in [6.45, 7) is 3.95. The molecule has 0 atom stereocenters. The smallest absolute Gasteiger partial charge is 0.222 e. The summed E-state index contributed by atoms with van der Waals surface area (Å²) >= 11 is 0. The number of anilines is 3. The summed E-state index contributed by atoms with van der Waals surface area (Å²) in [5, 5.41) is 2.92. The van der Waals surface area contributed by atoms with Gasteiger partial charge in [0.2, 0.25) is 5.95 Å². The van der Waals surface area contributed by atoms with Crippen LogP contribution in [0.3, 0.4) is 0 Å². The van der Waals surface area contributed by atoms with Gasteiger partial charge in [0.15, 0.2) is 11.6 Å². The van der Waals surface area contributed by atoms with Crippen LogP contribution in [0.15, 0.2) is 24.4 Å².